The largest absolute Gasteiger partial charge is 0.480 e. The molecular formula is C28H28N2O6S. The monoisotopic (exact) mass is 520 g/mol. The van der Waals surface area contributed by atoms with Crippen molar-refractivity contribution in [3.05, 3.63) is 81.2 Å². The Kier molecular flexibility index (Phi) is 8.03. The van der Waals surface area contributed by atoms with Gasteiger partial charge in [0, 0.05) is 23.6 Å². The van der Waals surface area contributed by atoms with Crippen molar-refractivity contribution in [1.82, 2.24) is 10.3 Å². The molecular weight excluding hydrogens is 492 g/mol. The maximum atomic E-state index is 13.2. The Hall–Kier alpha value is -3.98. The van der Waals surface area contributed by atoms with E-state index in [1.54, 1.807) is 19.1 Å². The van der Waals surface area contributed by atoms with Crippen molar-refractivity contribution in [2.75, 3.05) is 7.11 Å². The number of carbonyl (C=O) groups excluding carboxylic acids is 2. The predicted molar refractivity (Wildman–Crippen MR) is 142 cm³/mol. The number of esters is 1. The molecule has 4 aromatic rings. The number of thiazole rings is 1. The van der Waals surface area contributed by atoms with Gasteiger partial charge in [-0.1, -0.05) is 37.3 Å². The number of amides is 1. The molecule has 0 unspecified atom stereocenters. The smallest absolute Gasteiger partial charge is 0.328 e. The van der Waals surface area contributed by atoms with Gasteiger partial charge in [-0.15, -0.1) is 11.3 Å². The first kappa shape index (κ1) is 26.1. The molecule has 8 nitrogen and oxygen atoms in total. The number of nitrogens with one attached hydrogen (secondary N) is 1. The van der Waals surface area contributed by atoms with E-state index < -0.39 is 24.0 Å². The normalized spacial score (nSPS) is 12.6. The van der Waals surface area contributed by atoms with Gasteiger partial charge in [-0.25, -0.2) is 9.78 Å². The number of fused-ring (bicyclic) bond motifs is 1. The second kappa shape index (κ2) is 11.4. The molecule has 2 aromatic carbocycles. The van der Waals surface area contributed by atoms with Gasteiger partial charge in [0.25, 0.3) is 5.91 Å². The molecule has 192 valence electrons. The number of hydrogen-bond acceptors (Lipinski definition) is 8. The Morgan fingerprint density at radius 1 is 1.19 bits per heavy atom. The number of aryl methyl sites for hydroxylation is 2. The van der Waals surface area contributed by atoms with Gasteiger partial charge in [-0.2, -0.15) is 0 Å². The predicted octanol–water partition coefficient (Wildman–Crippen LogP) is 4.46. The zero-order valence-electron chi connectivity index (χ0n) is 21.1. The van der Waals surface area contributed by atoms with Gasteiger partial charge in [0.1, 0.15) is 28.6 Å². The molecule has 0 aliphatic carbocycles. The maximum Gasteiger partial charge on any atom is 0.328 e. The zero-order valence-corrected chi connectivity index (χ0v) is 21.9. The summed E-state index contributed by atoms with van der Waals surface area (Å²) in [6, 6.07) is 11.8. The lowest BCUT2D eigenvalue weighted by Gasteiger charge is -2.21. The van der Waals surface area contributed by atoms with Crippen LogP contribution in [0, 0.1) is 6.92 Å². The van der Waals surface area contributed by atoms with Crippen molar-refractivity contribution in [1.29, 1.82) is 0 Å². The van der Waals surface area contributed by atoms with Gasteiger partial charge in [-0.3, -0.25) is 9.59 Å². The molecule has 2 atom stereocenters. The van der Waals surface area contributed by atoms with Crippen LogP contribution in [0.5, 0.6) is 5.75 Å². The van der Waals surface area contributed by atoms with E-state index >= 15 is 0 Å². The average molecular weight is 521 g/mol. The van der Waals surface area contributed by atoms with Crippen LogP contribution < -0.4 is 15.5 Å². The lowest BCUT2D eigenvalue weighted by molar-refractivity contribution is -0.145. The van der Waals surface area contributed by atoms with Gasteiger partial charge in [-0.05, 0) is 37.5 Å². The summed E-state index contributed by atoms with van der Waals surface area (Å²) in [5, 5.41) is 5.63. The summed E-state index contributed by atoms with van der Waals surface area (Å²) >= 11 is 1.39. The molecule has 0 aliphatic heterocycles. The fraction of sp³-hybridized carbons (Fsp3) is 0.286. The molecule has 1 N–H and O–H groups in total. The zero-order chi connectivity index (χ0) is 26.5. The van der Waals surface area contributed by atoms with E-state index in [0.29, 0.717) is 33.7 Å². The lowest BCUT2D eigenvalue weighted by atomic mass is 10.1. The van der Waals surface area contributed by atoms with Crippen molar-refractivity contribution in [3.8, 4) is 16.3 Å². The minimum atomic E-state index is -0.921. The van der Waals surface area contributed by atoms with E-state index in [1.807, 2.05) is 49.6 Å². The highest BCUT2D eigenvalue weighted by atomic mass is 32.1. The van der Waals surface area contributed by atoms with Gasteiger partial charge < -0.3 is 19.2 Å². The number of ether oxygens (including phenoxy) is 2. The minimum absolute atomic E-state index is 0.176. The molecule has 37 heavy (non-hydrogen) atoms. The molecule has 0 saturated heterocycles. The first-order valence-electron chi connectivity index (χ1n) is 11.9. The quantitative estimate of drug-likeness (QED) is 0.325. The summed E-state index contributed by atoms with van der Waals surface area (Å²) in [4.78, 5) is 42.8. The SMILES string of the molecule is CCc1cc2c(=O)c(-c3nc(C)cs3)coc2cc1O[C@H](C)C(=O)N[C@H](Cc1ccccc1)C(=O)OC. The molecule has 0 spiro atoms. The number of carbonyl (C=O) groups is 2. The highest BCUT2D eigenvalue weighted by molar-refractivity contribution is 7.13. The van der Waals surface area contributed by atoms with E-state index in [4.69, 9.17) is 13.9 Å². The van der Waals surface area contributed by atoms with E-state index in [2.05, 4.69) is 10.3 Å². The second-order valence-corrected chi connectivity index (χ2v) is 9.47. The molecule has 2 aromatic heterocycles. The van der Waals surface area contributed by atoms with Gasteiger partial charge >= 0.3 is 5.97 Å². The molecule has 1 amide bonds. The Labute approximate surface area is 218 Å². The van der Waals surface area contributed by atoms with Crippen molar-refractivity contribution in [2.45, 2.75) is 45.8 Å². The van der Waals surface area contributed by atoms with Crippen LogP contribution in [0.4, 0.5) is 0 Å². The highest BCUT2D eigenvalue weighted by Crippen LogP contribution is 2.29. The van der Waals surface area contributed by atoms with Gasteiger partial charge in [0.2, 0.25) is 5.43 Å². The molecule has 0 aliphatic rings. The maximum absolute atomic E-state index is 13.2. The standard InChI is InChI=1S/C28H28N2O6S/c1-5-19-12-20-24(35-14-21(25(20)31)27-29-16(2)15-37-27)13-23(19)36-17(3)26(32)30-22(28(33)34-4)11-18-9-7-6-8-10-18/h6-10,12-15,17,22H,5,11H2,1-4H3,(H,30,32)/t17-,22-/m1/s1. The third-order valence-electron chi connectivity index (χ3n) is 5.94. The topological polar surface area (TPSA) is 108 Å². The molecule has 0 fully saturated rings. The Balaban J connectivity index is 1.55. The van der Waals surface area contributed by atoms with Crippen molar-refractivity contribution in [2.24, 2.45) is 0 Å². The molecule has 0 radical (unpaired) electrons. The summed E-state index contributed by atoms with van der Waals surface area (Å²) < 4.78 is 16.6. The molecule has 4 rings (SSSR count). The van der Waals surface area contributed by atoms with Crippen LogP contribution in [0.2, 0.25) is 0 Å². The van der Waals surface area contributed by atoms with Crippen molar-refractivity contribution in [3.63, 3.8) is 0 Å². The summed E-state index contributed by atoms with van der Waals surface area (Å²) in [6.45, 7) is 5.40. The highest BCUT2D eigenvalue weighted by Gasteiger charge is 2.26. The van der Waals surface area contributed by atoms with Gasteiger partial charge in [0.05, 0.1) is 18.1 Å². The lowest BCUT2D eigenvalue weighted by Crippen LogP contribution is -2.47. The second-order valence-electron chi connectivity index (χ2n) is 8.62. The third-order valence-corrected chi connectivity index (χ3v) is 6.94. The fourth-order valence-electron chi connectivity index (χ4n) is 3.93. The number of benzene rings is 2. The number of hydrogen-bond donors (Lipinski definition) is 1. The van der Waals surface area contributed by atoms with E-state index in [-0.39, 0.29) is 11.8 Å². The Bertz CT molecular complexity index is 1480. The van der Waals surface area contributed by atoms with Crippen LogP contribution in [0.15, 0.2) is 63.3 Å². The van der Waals surface area contributed by atoms with Crippen LogP contribution in [0.1, 0.15) is 30.7 Å². The first-order valence-corrected chi connectivity index (χ1v) is 12.8. The molecule has 2 heterocycles. The van der Waals surface area contributed by atoms with Crippen LogP contribution in [0.3, 0.4) is 0 Å². The fourth-order valence-corrected chi connectivity index (χ4v) is 4.73. The summed E-state index contributed by atoms with van der Waals surface area (Å²) in [7, 11) is 1.28. The van der Waals surface area contributed by atoms with E-state index in [1.165, 1.54) is 24.7 Å². The third kappa shape index (κ3) is 5.89. The van der Waals surface area contributed by atoms with Crippen LogP contribution >= 0.6 is 11.3 Å². The average Bonchev–Trinajstić information content (AvgIpc) is 3.34. The number of nitrogens with zero attached hydrogens (tertiary/aromatic N) is 1. The van der Waals surface area contributed by atoms with E-state index in [9.17, 15) is 14.4 Å². The molecule has 0 saturated carbocycles. The summed E-state index contributed by atoms with van der Waals surface area (Å²) in [5.74, 6) is -0.585. The molecule has 0 bridgehead atoms. The van der Waals surface area contributed by atoms with Crippen LogP contribution in [-0.4, -0.2) is 36.1 Å². The minimum Gasteiger partial charge on any atom is -0.480 e. The first-order chi connectivity index (χ1) is 17.8. The summed E-state index contributed by atoms with van der Waals surface area (Å²) in [5.41, 5.74) is 3.05. The van der Waals surface area contributed by atoms with Crippen molar-refractivity contribution < 1.29 is 23.5 Å². The Morgan fingerprint density at radius 3 is 2.59 bits per heavy atom. The van der Waals surface area contributed by atoms with Gasteiger partial charge in [0.15, 0.2) is 6.10 Å². The van der Waals surface area contributed by atoms with E-state index in [0.717, 1.165) is 16.8 Å². The summed E-state index contributed by atoms with van der Waals surface area (Å²) in [6.07, 6.45) is 1.33. The molecule has 9 heteroatoms. The van der Waals surface area contributed by atoms with Crippen LogP contribution in [-0.2, 0) is 27.2 Å². The number of aromatic nitrogens is 1. The van der Waals surface area contributed by atoms with Crippen molar-refractivity contribution >= 4 is 34.2 Å². The number of rotatable bonds is 9. The Morgan fingerprint density at radius 2 is 1.95 bits per heavy atom. The number of methoxy groups -OCH3 is 1. The van der Waals surface area contributed by atoms with Crippen LogP contribution in [0.25, 0.3) is 21.5 Å².